The molecule has 1 aromatic heterocycles. The maximum atomic E-state index is 6.48. The summed E-state index contributed by atoms with van der Waals surface area (Å²) in [6.07, 6.45) is 2.83. The fourth-order valence-corrected chi connectivity index (χ4v) is 7.35. The van der Waals surface area contributed by atoms with E-state index in [1.54, 1.807) is 13.3 Å². The van der Waals surface area contributed by atoms with E-state index >= 15 is 0 Å². The van der Waals surface area contributed by atoms with Gasteiger partial charge < -0.3 is 25.2 Å². The molecule has 2 saturated heterocycles. The maximum Gasteiger partial charge on any atom is 0.229 e. The van der Waals surface area contributed by atoms with Crippen LogP contribution in [-0.4, -0.2) is 68.5 Å². The molecular weight excluding hydrogens is 622 g/mol. The Morgan fingerprint density at radius 2 is 1.86 bits per heavy atom. The van der Waals surface area contributed by atoms with E-state index in [1.165, 1.54) is 25.2 Å². The molecule has 2 fully saturated rings. The molecular formula is C26H32ClIN6O2P+. The van der Waals surface area contributed by atoms with E-state index in [4.69, 9.17) is 19.2 Å². The van der Waals surface area contributed by atoms with E-state index in [2.05, 4.69) is 69.0 Å². The number of ether oxygens (including phenoxy) is 1. The Morgan fingerprint density at radius 3 is 2.59 bits per heavy atom. The molecule has 0 amide bonds. The summed E-state index contributed by atoms with van der Waals surface area (Å²) < 4.78 is 11.5. The first kappa shape index (κ1) is 26.7. The molecule has 3 aromatic rings. The number of likely N-dealkylation sites (tertiary alicyclic amines) is 1. The summed E-state index contributed by atoms with van der Waals surface area (Å²) in [5.74, 6) is 1.68. The van der Waals surface area contributed by atoms with Crippen LogP contribution in [0.3, 0.4) is 0 Å². The van der Waals surface area contributed by atoms with Gasteiger partial charge >= 0.3 is 0 Å². The summed E-state index contributed by atoms with van der Waals surface area (Å²) in [4.78, 5) is 13.9. The molecule has 3 heterocycles. The van der Waals surface area contributed by atoms with Crippen LogP contribution in [0.1, 0.15) is 6.42 Å². The van der Waals surface area contributed by atoms with Gasteiger partial charge in [-0.05, 0) is 37.7 Å². The standard InChI is InChI=1S/C26H32ClIN6O2P/c1-33-15-26(16-33)11-12-34(17-26)18-9-10-20(22(13-18)35-2)31-25-29-14-19(27)24(32-25)30-21-7-5-6-8-23(21)37(3,4)36-28/h5-10,13-14H,11-12,15-17H2,1-4H3,(H2,29,30,31,32)/q+1. The Morgan fingerprint density at radius 1 is 1.08 bits per heavy atom. The van der Waals surface area contributed by atoms with Gasteiger partial charge in [-0.3, -0.25) is 0 Å². The van der Waals surface area contributed by atoms with Crippen molar-refractivity contribution in [1.29, 1.82) is 0 Å². The molecule has 0 radical (unpaired) electrons. The summed E-state index contributed by atoms with van der Waals surface area (Å²) in [5, 5.41) is 8.22. The minimum atomic E-state index is -1.77. The van der Waals surface area contributed by atoms with E-state index in [1.807, 2.05) is 47.3 Å². The highest BCUT2D eigenvalue weighted by Crippen LogP contribution is 2.55. The molecule has 2 N–H and O–H groups in total. The van der Waals surface area contributed by atoms with E-state index in [0.29, 0.717) is 22.2 Å². The lowest BCUT2D eigenvalue weighted by Crippen LogP contribution is -2.55. The molecule has 2 aromatic carbocycles. The molecule has 37 heavy (non-hydrogen) atoms. The number of hydrogen-bond donors (Lipinski definition) is 2. The van der Waals surface area contributed by atoms with Crippen LogP contribution in [-0.2, 0) is 2.85 Å². The zero-order valence-corrected chi connectivity index (χ0v) is 25.3. The van der Waals surface area contributed by atoms with Gasteiger partial charge in [0, 0.05) is 43.3 Å². The Bertz CT molecular complexity index is 1290. The number of halogens is 2. The Kier molecular flexibility index (Phi) is 7.71. The quantitative estimate of drug-likeness (QED) is 0.228. The van der Waals surface area contributed by atoms with Crippen molar-refractivity contribution in [2.75, 3.05) is 69.2 Å². The second kappa shape index (κ2) is 10.7. The van der Waals surface area contributed by atoms with Gasteiger partial charge in [-0.25, -0.2) is 4.98 Å². The molecule has 1 spiro atoms. The zero-order valence-electron chi connectivity index (χ0n) is 21.5. The molecule has 0 saturated carbocycles. The number of nitrogens with one attached hydrogen (secondary N) is 2. The van der Waals surface area contributed by atoms with Gasteiger partial charge in [-0.2, -0.15) is 7.84 Å². The fraction of sp³-hybridized carbons (Fsp3) is 0.385. The largest absolute Gasteiger partial charge is 0.494 e. The van der Waals surface area contributed by atoms with Crippen molar-refractivity contribution in [1.82, 2.24) is 14.9 Å². The molecule has 0 unspecified atom stereocenters. The van der Waals surface area contributed by atoms with Crippen LogP contribution in [0, 0.1) is 5.41 Å². The van der Waals surface area contributed by atoms with Crippen molar-refractivity contribution in [3.8, 4) is 5.75 Å². The summed E-state index contributed by atoms with van der Waals surface area (Å²) in [5.41, 5.74) is 3.32. The SMILES string of the molecule is COc1cc(N2CCC3(CN(C)C3)C2)ccc1Nc1ncc(Cl)c(Nc2ccccc2[P+](C)(C)OI)n1. The third-order valence-corrected chi connectivity index (χ3v) is 12.2. The first-order valence-corrected chi connectivity index (χ1v) is 16.0. The second-order valence-electron chi connectivity index (χ2n) is 10.3. The first-order chi connectivity index (χ1) is 17.7. The highest BCUT2D eigenvalue weighted by molar-refractivity contribution is 14.1. The summed E-state index contributed by atoms with van der Waals surface area (Å²) in [7, 11) is 2.11. The van der Waals surface area contributed by atoms with Crippen molar-refractivity contribution >= 4 is 76.2 Å². The lowest BCUT2D eigenvalue weighted by atomic mass is 9.79. The van der Waals surface area contributed by atoms with Crippen LogP contribution in [0.25, 0.3) is 0 Å². The number of benzene rings is 2. The molecule has 8 nitrogen and oxygen atoms in total. The third kappa shape index (κ3) is 5.61. The topological polar surface area (TPSA) is 74.8 Å². The number of anilines is 5. The normalized spacial score (nSPS) is 17.1. The monoisotopic (exact) mass is 653 g/mol. The fourth-order valence-electron chi connectivity index (χ4n) is 5.34. The van der Waals surface area contributed by atoms with Gasteiger partial charge in [0.25, 0.3) is 0 Å². The van der Waals surface area contributed by atoms with Crippen LogP contribution in [0.5, 0.6) is 5.75 Å². The minimum absolute atomic E-state index is 0.423. The highest BCUT2D eigenvalue weighted by Gasteiger charge is 2.46. The van der Waals surface area contributed by atoms with E-state index in [0.717, 1.165) is 35.5 Å². The lowest BCUT2D eigenvalue weighted by Gasteiger charge is -2.46. The van der Waals surface area contributed by atoms with E-state index in [9.17, 15) is 0 Å². The molecule has 11 heteroatoms. The van der Waals surface area contributed by atoms with E-state index in [-0.39, 0.29) is 0 Å². The number of rotatable bonds is 8. The third-order valence-electron chi connectivity index (χ3n) is 7.10. The molecule has 5 rings (SSSR count). The van der Waals surface area contributed by atoms with Gasteiger partial charge in [0.2, 0.25) is 5.95 Å². The smallest absolute Gasteiger partial charge is 0.229 e. The summed E-state index contributed by atoms with van der Waals surface area (Å²) in [6, 6.07) is 14.3. The first-order valence-electron chi connectivity index (χ1n) is 12.1. The summed E-state index contributed by atoms with van der Waals surface area (Å²) in [6.45, 7) is 8.76. The Hall–Kier alpha value is -1.91. The molecule has 2 aliphatic heterocycles. The van der Waals surface area contributed by atoms with Gasteiger partial charge in [0.05, 0.1) is 38.0 Å². The maximum absolute atomic E-state index is 6.48. The second-order valence-corrected chi connectivity index (χ2v) is 15.2. The number of hydrogen-bond acceptors (Lipinski definition) is 8. The number of para-hydroxylation sites is 1. The molecule has 0 aliphatic carbocycles. The average Bonchev–Trinajstić information content (AvgIpc) is 3.31. The highest BCUT2D eigenvalue weighted by atomic mass is 127. The minimum Gasteiger partial charge on any atom is -0.494 e. The van der Waals surface area contributed by atoms with Crippen LogP contribution in [0.15, 0.2) is 48.7 Å². The molecule has 196 valence electrons. The van der Waals surface area contributed by atoms with Crippen molar-refractivity contribution in [2.24, 2.45) is 5.41 Å². The van der Waals surface area contributed by atoms with Crippen molar-refractivity contribution in [3.63, 3.8) is 0 Å². The molecule has 2 aliphatic rings. The Labute approximate surface area is 238 Å². The average molecular weight is 654 g/mol. The lowest BCUT2D eigenvalue weighted by molar-refractivity contribution is 0.0424. The van der Waals surface area contributed by atoms with Gasteiger partial charge in [0.1, 0.15) is 16.1 Å². The van der Waals surface area contributed by atoms with Crippen molar-refractivity contribution in [2.45, 2.75) is 6.42 Å². The summed E-state index contributed by atoms with van der Waals surface area (Å²) >= 11 is 8.46. The van der Waals surface area contributed by atoms with Crippen LogP contribution in [0.4, 0.5) is 28.8 Å². The molecule has 0 bridgehead atoms. The van der Waals surface area contributed by atoms with Crippen molar-refractivity contribution < 1.29 is 7.59 Å². The van der Waals surface area contributed by atoms with Gasteiger partial charge in [-0.15, -0.1) is 0 Å². The van der Waals surface area contributed by atoms with Crippen LogP contribution in [0.2, 0.25) is 5.02 Å². The zero-order chi connectivity index (χ0) is 26.2. The Balaban J connectivity index is 1.35. The predicted octanol–water partition coefficient (Wildman–Crippen LogP) is 5.95. The van der Waals surface area contributed by atoms with Crippen LogP contribution >= 0.6 is 42.1 Å². The number of nitrogens with zero attached hydrogens (tertiary/aromatic N) is 4. The number of aromatic nitrogens is 2. The van der Waals surface area contributed by atoms with Gasteiger partial charge in [0.15, 0.2) is 36.3 Å². The van der Waals surface area contributed by atoms with Gasteiger partial charge in [-0.1, -0.05) is 23.7 Å². The predicted molar refractivity (Wildman–Crippen MR) is 163 cm³/mol. The number of methoxy groups -OCH3 is 1. The van der Waals surface area contributed by atoms with Crippen molar-refractivity contribution in [3.05, 3.63) is 53.7 Å². The van der Waals surface area contributed by atoms with Crippen LogP contribution < -0.4 is 25.6 Å². The van der Waals surface area contributed by atoms with E-state index < -0.39 is 7.49 Å². The molecule has 0 atom stereocenters.